The van der Waals surface area contributed by atoms with E-state index in [1.165, 1.54) is 0 Å². The van der Waals surface area contributed by atoms with E-state index in [1.807, 2.05) is 35.2 Å². The molecule has 0 bridgehead atoms. The van der Waals surface area contributed by atoms with Crippen LogP contribution in [0.1, 0.15) is 10.4 Å². The van der Waals surface area contributed by atoms with E-state index < -0.39 is 0 Å². The van der Waals surface area contributed by atoms with Crippen molar-refractivity contribution in [2.75, 3.05) is 69.2 Å². The van der Waals surface area contributed by atoms with Gasteiger partial charge >= 0.3 is 0 Å². The zero-order chi connectivity index (χ0) is 18.6. The molecule has 0 saturated carbocycles. The molecule has 7 heteroatoms. The van der Waals surface area contributed by atoms with Crippen LogP contribution in [0.15, 0.2) is 42.7 Å². The zero-order valence-corrected chi connectivity index (χ0v) is 15.8. The van der Waals surface area contributed by atoms with Crippen molar-refractivity contribution in [3.8, 4) is 0 Å². The van der Waals surface area contributed by atoms with Crippen molar-refractivity contribution in [1.29, 1.82) is 0 Å². The van der Waals surface area contributed by atoms with Crippen LogP contribution in [0, 0.1) is 0 Å². The van der Waals surface area contributed by atoms with Gasteiger partial charge in [0.1, 0.15) is 11.6 Å². The van der Waals surface area contributed by atoms with Crippen LogP contribution in [0.2, 0.25) is 0 Å². The molecule has 2 aromatic heterocycles. The first-order valence-corrected chi connectivity index (χ1v) is 9.55. The highest BCUT2D eigenvalue weighted by Crippen LogP contribution is 2.17. The third kappa shape index (κ3) is 4.03. The molecule has 0 aliphatic carbocycles. The van der Waals surface area contributed by atoms with Gasteiger partial charge in [0.2, 0.25) is 0 Å². The van der Waals surface area contributed by atoms with Gasteiger partial charge in [-0.15, -0.1) is 0 Å². The summed E-state index contributed by atoms with van der Waals surface area (Å²) in [5.41, 5.74) is 0.666. The van der Waals surface area contributed by atoms with Gasteiger partial charge in [0.25, 0.3) is 5.91 Å². The molecule has 0 aromatic carbocycles. The van der Waals surface area contributed by atoms with Crippen LogP contribution in [0.4, 0.5) is 11.6 Å². The second-order valence-corrected chi connectivity index (χ2v) is 7.16. The SMILES string of the molecule is CN1CCN(c2ccc(C(=O)N3CCN(c4ccccn4)CC3)cn2)CC1. The van der Waals surface area contributed by atoms with Crippen LogP contribution in [-0.2, 0) is 0 Å². The Balaban J connectivity index is 1.35. The molecular weight excluding hydrogens is 340 g/mol. The van der Waals surface area contributed by atoms with Crippen LogP contribution >= 0.6 is 0 Å². The molecule has 0 unspecified atom stereocenters. The van der Waals surface area contributed by atoms with Crippen molar-refractivity contribution in [3.05, 3.63) is 48.3 Å². The van der Waals surface area contributed by atoms with E-state index in [-0.39, 0.29) is 5.91 Å². The summed E-state index contributed by atoms with van der Waals surface area (Å²) in [4.78, 5) is 30.5. The van der Waals surface area contributed by atoms with E-state index in [0.717, 1.165) is 50.9 Å². The summed E-state index contributed by atoms with van der Waals surface area (Å²) in [6, 6.07) is 9.81. The maximum Gasteiger partial charge on any atom is 0.255 e. The lowest BCUT2D eigenvalue weighted by Gasteiger charge is -2.35. The average Bonchev–Trinajstić information content (AvgIpc) is 2.75. The summed E-state index contributed by atoms with van der Waals surface area (Å²) < 4.78 is 0. The predicted molar refractivity (Wildman–Crippen MR) is 106 cm³/mol. The quantitative estimate of drug-likeness (QED) is 0.813. The van der Waals surface area contributed by atoms with Gasteiger partial charge in [-0.25, -0.2) is 9.97 Å². The second-order valence-electron chi connectivity index (χ2n) is 7.16. The lowest BCUT2D eigenvalue weighted by Crippen LogP contribution is -2.49. The van der Waals surface area contributed by atoms with Crippen LogP contribution < -0.4 is 9.80 Å². The lowest BCUT2D eigenvalue weighted by molar-refractivity contribution is 0.0746. The van der Waals surface area contributed by atoms with E-state index in [4.69, 9.17) is 0 Å². The standard InChI is InChI=1S/C20H26N6O/c1-23-8-10-24(11-9-23)19-6-5-17(16-22-19)20(27)26-14-12-25(13-15-26)18-4-2-3-7-21-18/h2-7,16H,8-15H2,1H3. The molecule has 4 rings (SSSR count). The smallest absolute Gasteiger partial charge is 0.255 e. The fraction of sp³-hybridized carbons (Fsp3) is 0.450. The van der Waals surface area contributed by atoms with E-state index >= 15 is 0 Å². The number of rotatable bonds is 3. The number of anilines is 2. The molecule has 0 radical (unpaired) electrons. The fourth-order valence-corrected chi connectivity index (χ4v) is 3.60. The van der Waals surface area contributed by atoms with Crippen LogP contribution in [-0.4, -0.2) is 85.1 Å². The van der Waals surface area contributed by atoms with Gasteiger partial charge in [-0.2, -0.15) is 0 Å². The topological polar surface area (TPSA) is 55.8 Å². The molecule has 2 aliphatic heterocycles. The third-order valence-corrected chi connectivity index (χ3v) is 5.36. The first kappa shape index (κ1) is 17.7. The van der Waals surface area contributed by atoms with Gasteiger partial charge in [0.05, 0.1) is 5.56 Å². The van der Waals surface area contributed by atoms with Crippen molar-refractivity contribution < 1.29 is 4.79 Å². The second kappa shape index (κ2) is 7.92. The Labute approximate surface area is 160 Å². The molecule has 0 spiro atoms. The summed E-state index contributed by atoms with van der Waals surface area (Å²) in [6.07, 6.45) is 3.53. The summed E-state index contributed by atoms with van der Waals surface area (Å²) in [6.45, 7) is 7.06. The van der Waals surface area contributed by atoms with Gasteiger partial charge < -0.3 is 19.6 Å². The van der Waals surface area contributed by atoms with Crippen LogP contribution in [0.5, 0.6) is 0 Å². The number of carbonyl (C=O) groups excluding carboxylic acids is 1. The van der Waals surface area contributed by atoms with E-state index in [0.29, 0.717) is 18.7 Å². The van der Waals surface area contributed by atoms with Crippen molar-refractivity contribution in [1.82, 2.24) is 19.8 Å². The minimum Gasteiger partial charge on any atom is -0.354 e. The number of hydrogen-bond acceptors (Lipinski definition) is 6. The number of amides is 1. The number of pyridine rings is 2. The highest BCUT2D eigenvalue weighted by molar-refractivity contribution is 5.94. The van der Waals surface area contributed by atoms with Gasteiger partial charge in [-0.05, 0) is 31.3 Å². The van der Waals surface area contributed by atoms with Crippen LogP contribution in [0.3, 0.4) is 0 Å². The Hall–Kier alpha value is -2.67. The molecule has 4 heterocycles. The molecule has 7 nitrogen and oxygen atoms in total. The van der Waals surface area contributed by atoms with Crippen molar-refractivity contribution in [3.63, 3.8) is 0 Å². The molecule has 27 heavy (non-hydrogen) atoms. The number of nitrogens with zero attached hydrogens (tertiary/aromatic N) is 6. The summed E-state index contributed by atoms with van der Waals surface area (Å²) in [7, 11) is 2.14. The van der Waals surface area contributed by atoms with Gasteiger partial charge in [0.15, 0.2) is 0 Å². The maximum atomic E-state index is 12.8. The third-order valence-electron chi connectivity index (χ3n) is 5.36. The molecule has 2 saturated heterocycles. The fourth-order valence-electron chi connectivity index (χ4n) is 3.60. The molecule has 2 aliphatic rings. The first-order valence-electron chi connectivity index (χ1n) is 9.55. The largest absolute Gasteiger partial charge is 0.354 e. The Morgan fingerprint density at radius 1 is 0.815 bits per heavy atom. The Bertz CT molecular complexity index is 750. The number of hydrogen-bond donors (Lipinski definition) is 0. The van der Waals surface area contributed by atoms with Crippen molar-refractivity contribution in [2.24, 2.45) is 0 Å². The average molecular weight is 366 g/mol. The summed E-state index contributed by atoms with van der Waals surface area (Å²) >= 11 is 0. The van der Waals surface area contributed by atoms with E-state index in [1.54, 1.807) is 12.4 Å². The summed E-state index contributed by atoms with van der Waals surface area (Å²) in [5, 5.41) is 0. The summed E-state index contributed by atoms with van der Waals surface area (Å²) in [5.74, 6) is 2.00. The number of piperazine rings is 2. The highest BCUT2D eigenvalue weighted by atomic mass is 16.2. The van der Waals surface area contributed by atoms with Gasteiger partial charge in [-0.1, -0.05) is 6.07 Å². The molecule has 1 amide bonds. The van der Waals surface area contributed by atoms with E-state index in [2.05, 4.69) is 31.7 Å². The normalized spacial score (nSPS) is 18.6. The minimum absolute atomic E-state index is 0.0631. The predicted octanol–water partition coefficient (Wildman–Crippen LogP) is 1.19. The Morgan fingerprint density at radius 2 is 1.48 bits per heavy atom. The molecule has 142 valence electrons. The lowest BCUT2D eigenvalue weighted by atomic mass is 10.2. The number of aromatic nitrogens is 2. The van der Waals surface area contributed by atoms with Gasteiger partial charge in [-0.3, -0.25) is 4.79 Å². The molecular formula is C20H26N6O. The van der Waals surface area contributed by atoms with Crippen LogP contribution in [0.25, 0.3) is 0 Å². The Morgan fingerprint density at radius 3 is 2.07 bits per heavy atom. The van der Waals surface area contributed by atoms with Crippen molar-refractivity contribution >= 4 is 17.5 Å². The molecule has 0 atom stereocenters. The minimum atomic E-state index is 0.0631. The number of carbonyl (C=O) groups is 1. The van der Waals surface area contributed by atoms with Crippen molar-refractivity contribution in [2.45, 2.75) is 0 Å². The molecule has 2 aromatic rings. The maximum absolute atomic E-state index is 12.8. The van der Waals surface area contributed by atoms with E-state index in [9.17, 15) is 4.79 Å². The monoisotopic (exact) mass is 366 g/mol. The molecule has 2 fully saturated rings. The molecule has 0 N–H and O–H groups in total. The highest BCUT2D eigenvalue weighted by Gasteiger charge is 2.23. The Kier molecular flexibility index (Phi) is 5.20. The van der Waals surface area contributed by atoms with Gasteiger partial charge in [0, 0.05) is 64.8 Å². The first-order chi connectivity index (χ1) is 13.2. The number of likely N-dealkylation sites (N-methyl/N-ethyl adjacent to an activating group) is 1. The zero-order valence-electron chi connectivity index (χ0n) is 15.8.